The highest BCUT2D eigenvalue weighted by Crippen LogP contribution is 2.31. The zero-order valence-electron chi connectivity index (χ0n) is 12.3. The first-order valence-electron chi connectivity index (χ1n) is 7.15. The molecule has 0 aromatic heterocycles. The molecule has 5 heteroatoms. The minimum absolute atomic E-state index is 0.00734. The third-order valence-corrected chi connectivity index (χ3v) is 3.83. The second kappa shape index (κ2) is 6.05. The van der Waals surface area contributed by atoms with Crippen molar-refractivity contribution in [1.29, 1.82) is 0 Å². The van der Waals surface area contributed by atoms with Gasteiger partial charge in [-0.3, -0.25) is 9.59 Å². The molecule has 1 aromatic rings. The second-order valence-corrected chi connectivity index (χ2v) is 5.26. The maximum Gasteiger partial charge on any atom is 0.312 e. The molecule has 1 aliphatic heterocycles. The Morgan fingerprint density at radius 3 is 2.86 bits per heavy atom. The van der Waals surface area contributed by atoms with Crippen LogP contribution in [-0.4, -0.2) is 30.5 Å². The van der Waals surface area contributed by atoms with E-state index in [9.17, 15) is 9.59 Å². The Bertz CT molecular complexity index is 648. The van der Waals surface area contributed by atoms with E-state index in [1.165, 1.54) is 7.11 Å². The molecular weight excluding hydrogens is 282 g/mol. The Hall–Kier alpha value is -2.56. The topological polar surface area (TPSA) is 55.8 Å². The van der Waals surface area contributed by atoms with Crippen molar-refractivity contribution in [2.75, 3.05) is 13.7 Å². The van der Waals surface area contributed by atoms with Crippen LogP contribution in [0, 0.1) is 5.92 Å². The lowest BCUT2D eigenvalue weighted by molar-refractivity contribution is -0.144. The number of hydrogen-bond donors (Lipinski definition) is 0. The number of esters is 1. The molecule has 0 fully saturated rings. The number of carbonyl (C=O) groups excluding carboxylic acids is 2. The maximum absolute atomic E-state index is 12.2. The van der Waals surface area contributed by atoms with Crippen LogP contribution < -0.4 is 0 Å². The highest BCUT2D eigenvalue weighted by Gasteiger charge is 2.32. The molecule has 3 rings (SSSR count). The van der Waals surface area contributed by atoms with Crippen LogP contribution in [-0.2, 0) is 25.6 Å². The summed E-state index contributed by atoms with van der Waals surface area (Å²) in [5.41, 5.74) is 1.79. The molecule has 114 valence electrons. The minimum atomic E-state index is -0.351. The predicted molar refractivity (Wildman–Crippen MR) is 79.2 cm³/mol. The molecule has 0 saturated heterocycles. The number of allylic oxidation sites excluding steroid dienone is 2. The number of nitrogens with zero attached hydrogens (tertiary/aromatic N) is 1. The fourth-order valence-electron chi connectivity index (χ4n) is 2.66. The van der Waals surface area contributed by atoms with Gasteiger partial charge in [-0.2, -0.15) is 0 Å². The van der Waals surface area contributed by atoms with Gasteiger partial charge in [0, 0.05) is 6.42 Å². The summed E-state index contributed by atoms with van der Waals surface area (Å²) < 4.78 is 10.3. The summed E-state index contributed by atoms with van der Waals surface area (Å²) in [6.07, 6.45) is 3.97. The first-order chi connectivity index (χ1) is 10.7. The quantitative estimate of drug-likeness (QED) is 0.801. The van der Waals surface area contributed by atoms with Crippen molar-refractivity contribution in [3.63, 3.8) is 0 Å². The number of ether oxygens (including phenoxy) is 2. The first-order valence-corrected chi connectivity index (χ1v) is 7.15. The summed E-state index contributed by atoms with van der Waals surface area (Å²) in [4.78, 5) is 25.5. The molecule has 0 radical (unpaired) electrons. The molecule has 1 atom stereocenters. The Kier molecular flexibility index (Phi) is 3.96. The van der Waals surface area contributed by atoms with Crippen LogP contribution in [0.2, 0.25) is 0 Å². The molecule has 0 bridgehead atoms. The largest absolute Gasteiger partial charge is 0.486 e. The van der Waals surface area contributed by atoms with Crippen molar-refractivity contribution in [2.24, 2.45) is 5.92 Å². The Morgan fingerprint density at radius 2 is 2.14 bits per heavy atom. The average molecular weight is 299 g/mol. The zero-order chi connectivity index (χ0) is 15.5. The molecular formula is C17H17NO4. The van der Waals surface area contributed by atoms with Crippen LogP contribution in [0.15, 0.2) is 53.9 Å². The average Bonchev–Trinajstić information content (AvgIpc) is 2.57. The molecule has 1 aromatic carbocycles. The highest BCUT2D eigenvalue weighted by molar-refractivity contribution is 5.82. The molecule has 1 heterocycles. The van der Waals surface area contributed by atoms with Crippen LogP contribution in [0.1, 0.15) is 12.0 Å². The molecule has 0 spiro atoms. The van der Waals surface area contributed by atoms with Crippen molar-refractivity contribution < 1.29 is 19.1 Å². The van der Waals surface area contributed by atoms with Crippen molar-refractivity contribution >= 4 is 11.9 Å². The van der Waals surface area contributed by atoms with Gasteiger partial charge in [0.25, 0.3) is 5.91 Å². The monoisotopic (exact) mass is 299 g/mol. The lowest BCUT2D eigenvalue weighted by Gasteiger charge is -2.33. The van der Waals surface area contributed by atoms with E-state index in [2.05, 4.69) is 0 Å². The van der Waals surface area contributed by atoms with Gasteiger partial charge in [0.05, 0.1) is 25.3 Å². The van der Waals surface area contributed by atoms with Crippen LogP contribution in [0.5, 0.6) is 0 Å². The Labute approximate surface area is 128 Å². The van der Waals surface area contributed by atoms with Gasteiger partial charge in [-0.05, 0) is 11.6 Å². The standard InChI is InChI=1S/C17H17NO4/c1-21-17(20)13-7-8-14-15(9-13)22-11-16(19)18(14)10-12-5-3-2-4-6-12/h2-8,13H,9-11H2,1H3. The number of methoxy groups -OCH3 is 1. The smallest absolute Gasteiger partial charge is 0.312 e. The van der Waals surface area contributed by atoms with Crippen LogP contribution in [0.25, 0.3) is 0 Å². The summed E-state index contributed by atoms with van der Waals surface area (Å²) >= 11 is 0. The molecule has 2 aliphatic rings. The van der Waals surface area contributed by atoms with E-state index in [1.54, 1.807) is 17.1 Å². The molecule has 1 unspecified atom stereocenters. The normalized spacial score (nSPS) is 20.5. The first kappa shape index (κ1) is 14.4. The Morgan fingerprint density at radius 1 is 1.36 bits per heavy atom. The van der Waals surface area contributed by atoms with Gasteiger partial charge in [0.15, 0.2) is 6.61 Å². The number of amides is 1. The van der Waals surface area contributed by atoms with Gasteiger partial charge >= 0.3 is 5.97 Å². The van der Waals surface area contributed by atoms with Gasteiger partial charge < -0.3 is 14.4 Å². The molecule has 1 amide bonds. The molecule has 1 aliphatic carbocycles. The lowest BCUT2D eigenvalue weighted by atomic mass is 9.96. The van der Waals surface area contributed by atoms with E-state index in [1.807, 2.05) is 30.3 Å². The number of carbonyl (C=O) groups is 2. The van der Waals surface area contributed by atoms with Crippen molar-refractivity contribution in [3.05, 3.63) is 59.5 Å². The predicted octanol–water partition coefficient (Wildman–Crippen LogP) is 2.01. The van der Waals surface area contributed by atoms with E-state index < -0.39 is 0 Å². The lowest BCUT2D eigenvalue weighted by Crippen LogP contribution is -2.39. The van der Waals surface area contributed by atoms with Crippen molar-refractivity contribution in [3.8, 4) is 0 Å². The van der Waals surface area contributed by atoms with Gasteiger partial charge in [0.2, 0.25) is 0 Å². The highest BCUT2D eigenvalue weighted by atomic mass is 16.5. The zero-order valence-corrected chi connectivity index (χ0v) is 12.3. The second-order valence-electron chi connectivity index (χ2n) is 5.26. The number of rotatable bonds is 3. The SMILES string of the molecule is COC(=O)C1C=CC2=C(C1)OCC(=O)N2Cc1ccccc1. The van der Waals surface area contributed by atoms with Crippen molar-refractivity contribution in [1.82, 2.24) is 4.90 Å². The van der Waals surface area contributed by atoms with Crippen molar-refractivity contribution in [2.45, 2.75) is 13.0 Å². The van der Waals surface area contributed by atoms with Gasteiger partial charge in [-0.1, -0.05) is 36.4 Å². The summed E-state index contributed by atoms with van der Waals surface area (Å²) in [5, 5.41) is 0. The molecule has 0 saturated carbocycles. The van der Waals surface area contributed by atoms with Gasteiger partial charge in [0.1, 0.15) is 5.76 Å². The maximum atomic E-state index is 12.2. The molecule has 5 nitrogen and oxygen atoms in total. The summed E-state index contributed by atoms with van der Waals surface area (Å²) in [6, 6.07) is 9.79. The van der Waals surface area contributed by atoms with Crippen LogP contribution in [0.4, 0.5) is 0 Å². The number of hydrogen-bond acceptors (Lipinski definition) is 4. The minimum Gasteiger partial charge on any atom is -0.486 e. The fourth-order valence-corrected chi connectivity index (χ4v) is 2.66. The number of benzene rings is 1. The Balaban J connectivity index is 1.83. The van der Waals surface area contributed by atoms with E-state index in [4.69, 9.17) is 9.47 Å². The van der Waals surface area contributed by atoms with Crippen LogP contribution in [0.3, 0.4) is 0 Å². The van der Waals surface area contributed by atoms with E-state index >= 15 is 0 Å². The third-order valence-electron chi connectivity index (χ3n) is 3.83. The molecule has 0 N–H and O–H groups in total. The van der Waals surface area contributed by atoms with E-state index in [-0.39, 0.29) is 24.4 Å². The van der Waals surface area contributed by atoms with Crippen LogP contribution >= 0.6 is 0 Å². The summed E-state index contributed by atoms with van der Waals surface area (Å²) in [6.45, 7) is 0.502. The van der Waals surface area contributed by atoms with E-state index in [0.717, 1.165) is 11.3 Å². The van der Waals surface area contributed by atoms with Gasteiger partial charge in [-0.15, -0.1) is 0 Å². The van der Waals surface area contributed by atoms with E-state index in [0.29, 0.717) is 18.7 Å². The fraction of sp³-hybridized carbons (Fsp3) is 0.294. The van der Waals surface area contributed by atoms with Gasteiger partial charge in [-0.25, -0.2) is 0 Å². The molecule has 22 heavy (non-hydrogen) atoms. The summed E-state index contributed by atoms with van der Waals surface area (Å²) in [5.74, 6) is -0.0503. The third kappa shape index (κ3) is 2.74. The summed E-state index contributed by atoms with van der Waals surface area (Å²) in [7, 11) is 1.37.